The summed E-state index contributed by atoms with van der Waals surface area (Å²) >= 11 is 13.1. The number of anilines is 1. The van der Waals surface area contributed by atoms with Gasteiger partial charge >= 0.3 is 5.97 Å². The van der Waals surface area contributed by atoms with Crippen molar-refractivity contribution in [3.63, 3.8) is 0 Å². The summed E-state index contributed by atoms with van der Waals surface area (Å²) in [7, 11) is -3.83. The van der Waals surface area contributed by atoms with Gasteiger partial charge in [0.2, 0.25) is 0 Å². The van der Waals surface area contributed by atoms with Gasteiger partial charge in [0.15, 0.2) is 4.80 Å². The number of hydrogen-bond donors (Lipinski definition) is 1. The molecule has 36 heavy (non-hydrogen) atoms. The minimum absolute atomic E-state index is 0.0538. The first-order valence-corrected chi connectivity index (χ1v) is 13.6. The molecule has 0 bridgehead atoms. The Labute approximate surface area is 220 Å². The number of amides is 1. The van der Waals surface area contributed by atoms with Gasteiger partial charge < -0.3 is 9.30 Å². The number of ether oxygens (including phenoxy) is 1. The summed E-state index contributed by atoms with van der Waals surface area (Å²) in [4.78, 5) is 29.6. The first-order chi connectivity index (χ1) is 17.2. The molecule has 4 rings (SSSR count). The van der Waals surface area contributed by atoms with Gasteiger partial charge in [-0.05, 0) is 73.7 Å². The third kappa shape index (κ3) is 5.96. The highest BCUT2D eigenvalue weighted by Crippen LogP contribution is 2.23. The molecule has 0 saturated carbocycles. The van der Waals surface area contributed by atoms with Crippen LogP contribution in [-0.4, -0.2) is 31.5 Å². The lowest BCUT2D eigenvalue weighted by Crippen LogP contribution is -2.23. The van der Waals surface area contributed by atoms with E-state index >= 15 is 0 Å². The van der Waals surface area contributed by atoms with Crippen LogP contribution in [0.15, 0.2) is 76.6 Å². The number of esters is 1. The zero-order valence-electron chi connectivity index (χ0n) is 18.8. The number of sulfonamides is 1. The smallest absolute Gasteiger partial charge is 0.326 e. The Morgan fingerprint density at radius 2 is 1.67 bits per heavy atom. The Morgan fingerprint density at radius 3 is 2.33 bits per heavy atom. The standard InChI is InChI=1S/C24H19Cl2N3O5S2/c1-2-34-22(30)14-29-20-12-7-17(26)13-21(20)35-24(29)27-23(31)15-3-8-18(9-4-15)28-36(32,33)19-10-5-16(25)6-11-19/h3-13,28H,2,14H2,1H3. The Bertz CT molecular complexity index is 1610. The van der Waals surface area contributed by atoms with Crippen molar-refractivity contribution in [1.29, 1.82) is 0 Å². The molecular weight excluding hydrogens is 545 g/mol. The van der Waals surface area contributed by atoms with E-state index in [2.05, 4.69) is 9.71 Å². The molecule has 4 aromatic rings. The molecule has 0 radical (unpaired) electrons. The van der Waals surface area contributed by atoms with Crippen LogP contribution in [0.1, 0.15) is 17.3 Å². The fraction of sp³-hybridized carbons (Fsp3) is 0.125. The fourth-order valence-corrected chi connectivity index (χ4v) is 5.77. The molecule has 0 aliphatic heterocycles. The van der Waals surface area contributed by atoms with E-state index < -0.39 is 21.9 Å². The molecule has 0 unspecified atom stereocenters. The van der Waals surface area contributed by atoms with E-state index in [1.54, 1.807) is 29.7 Å². The van der Waals surface area contributed by atoms with E-state index in [0.717, 1.165) is 4.70 Å². The first kappa shape index (κ1) is 25.9. The highest BCUT2D eigenvalue weighted by Gasteiger charge is 2.16. The van der Waals surface area contributed by atoms with E-state index in [-0.39, 0.29) is 29.3 Å². The molecule has 0 atom stereocenters. The summed E-state index contributed by atoms with van der Waals surface area (Å²) in [6, 6.07) is 16.8. The third-order valence-corrected chi connectivity index (χ3v) is 7.87. The molecule has 3 aromatic carbocycles. The zero-order valence-corrected chi connectivity index (χ0v) is 21.9. The Balaban J connectivity index is 1.61. The monoisotopic (exact) mass is 563 g/mol. The molecule has 0 fully saturated rings. The minimum atomic E-state index is -3.83. The van der Waals surface area contributed by atoms with E-state index in [9.17, 15) is 18.0 Å². The summed E-state index contributed by atoms with van der Waals surface area (Å²) in [5.74, 6) is -1.02. The van der Waals surface area contributed by atoms with Crippen LogP contribution in [0.3, 0.4) is 0 Å². The van der Waals surface area contributed by atoms with E-state index in [0.29, 0.717) is 20.4 Å². The second-order valence-electron chi connectivity index (χ2n) is 7.44. The summed E-state index contributed by atoms with van der Waals surface area (Å²) < 4.78 is 35.0. The van der Waals surface area contributed by atoms with Gasteiger partial charge in [0.25, 0.3) is 15.9 Å². The lowest BCUT2D eigenvalue weighted by Gasteiger charge is -2.08. The highest BCUT2D eigenvalue weighted by molar-refractivity contribution is 7.92. The predicted octanol–water partition coefficient (Wildman–Crippen LogP) is 5.11. The van der Waals surface area contributed by atoms with Crippen LogP contribution in [0.25, 0.3) is 10.2 Å². The van der Waals surface area contributed by atoms with E-state index in [4.69, 9.17) is 27.9 Å². The van der Waals surface area contributed by atoms with Crippen LogP contribution in [0.4, 0.5) is 5.69 Å². The van der Waals surface area contributed by atoms with Crippen molar-refractivity contribution in [3.8, 4) is 0 Å². The van der Waals surface area contributed by atoms with Crippen LogP contribution in [0, 0.1) is 0 Å². The molecule has 8 nitrogen and oxygen atoms in total. The first-order valence-electron chi connectivity index (χ1n) is 10.6. The van der Waals surface area contributed by atoms with Gasteiger partial charge in [-0.15, -0.1) is 0 Å². The van der Waals surface area contributed by atoms with Crippen LogP contribution in [0.5, 0.6) is 0 Å². The number of carbonyl (C=O) groups is 2. The van der Waals surface area contributed by atoms with Crippen molar-refractivity contribution in [2.75, 3.05) is 11.3 Å². The van der Waals surface area contributed by atoms with Gasteiger partial charge in [-0.2, -0.15) is 4.99 Å². The summed E-state index contributed by atoms with van der Waals surface area (Å²) in [5, 5.41) is 0.937. The second kappa shape index (κ2) is 10.8. The Kier molecular flexibility index (Phi) is 7.79. The van der Waals surface area contributed by atoms with Gasteiger partial charge in [0, 0.05) is 21.3 Å². The number of nitrogens with one attached hydrogen (secondary N) is 1. The average Bonchev–Trinajstić information content (AvgIpc) is 3.15. The maximum Gasteiger partial charge on any atom is 0.326 e. The molecular formula is C24H19Cl2N3O5S2. The van der Waals surface area contributed by atoms with Gasteiger partial charge in [0.05, 0.1) is 21.7 Å². The van der Waals surface area contributed by atoms with Gasteiger partial charge in [-0.1, -0.05) is 34.5 Å². The van der Waals surface area contributed by atoms with E-state index in [1.807, 2.05) is 0 Å². The Hall–Kier alpha value is -3.18. The molecule has 1 heterocycles. The molecule has 1 N–H and O–H groups in total. The molecule has 0 aliphatic carbocycles. The number of rotatable bonds is 7. The number of halogens is 2. The number of carbonyl (C=O) groups excluding carboxylic acids is 2. The van der Waals surface area contributed by atoms with Crippen molar-refractivity contribution in [3.05, 3.63) is 87.1 Å². The number of benzene rings is 3. The zero-order chi connectivity index (χ0) is 25.9. The number of hydrogen-bond acceptors (Lipinski definition) is 6. The quantitative estimate of drug-likeness (QED) is 0.314. The molecule has 12 heteroatoms. The van der Waals surface area contributed by atoms with Crippen molar-refractivity contribution < 1.29 is 22.7 Å². The van der Waals surface area contributed by atoms with Gasteiger partial charge in [-0.3, -0.25) is 14.3 Å². The summed E-state index contributed by atoms with van der Waals surface area (Å²) in [5.41, 5.74) is 1.20. The van der Waals surface area contributed by atoms with Crippen LogP contribution in [-0.2, 0) is 26.1 Å². The number of nitrogens with zero attached hydrogens (tertiary/aromatic N) is 2. The molecule has 1 amide bonds. The lowest BCUT2D eigenvalue weighted by atomic mass is 10.2. The second-order valence-corrected chi connectivity index (χ2v) is 11.0. The maximum absolute atomic E-state index is 12.9. The van der Waals surface area contributed by atoms with Crippen LogP contribution >= 0.6 is 34.5 Å². The maximum atomic E-state index is 12.9. The topological polar surface area (TPSA) is 107 Å². The molecule has 0 spiro atoms. The molecule has 0 aliphatic rings. The van der Waals surface area contributed by atoms with E-state index in [1.165, 1.54) is 59.9 Å². The molecule has 0 saturated heterocycles. The van der Waals surface area contributed by atoms with Gasteiger partial charge in [-0.25, -0.2) is 8.42 Å². The number of thiazole rings is 1. The van der Waals surface area contributed by atoms with Gasteiger partial charge in [0.1, 0.15) is 6.54 Å². The van der Waals surface area contributed by atoms with Crippen LogP contribution < -0.4 is 9.52 Å². The largest absolute Gasteiger partial charge is 0.465 e. The molecule has 186 valence electrons. The third-order valence-electron chi connectivity index (χ3n) is 4.94. The lowest BCUT2D eigenvalue weighted by molar-refractivity contribution is -0.143. The van der Waals surface area contributed by atoms with Crippen molar-refractivity contribution in [1.82, 2.24) is 4.57 Å². The molecule has 1 aromatic heterocycles. The summed E-state index contributed by atoms with van der Waals surface area (Å²) in [6.45, 7) is 1.82. The van der Waals surface area contributed by atoms with Crippen molar-refractivity contribution >= 4 is 72.3 Å². The van der Waals surface area contributed by atoms with Crippen molar-refractivity contribution in [2.45, 2.75) is 18.4 Å². The Morgan fingerprint density at radius 1 is 1.00 bits per heavy atom. The minimum Gasteiger partial charge on any atom is -0.465 e. The number of fused-ring (bicyclic) bond motifs is 1. The van der Waals surface area contributed by atoms with Crippen molar-refractivity contribution in [2.24, 2.45) is 4.99 Å². The predicted molar refractivity (Wildman–Crippen MR) is 140 cm³/mol. The number of aromatic nitrogens is 1. The summed E-state index contributed by atoms with van der Waals surface area (Å²) in [6.07, 6.45) is 0. The normalized spacial score (nSPS) is 12.0. The average molecular weight is 564 g/mol. The van der Waals surface area contributed by atoms with Crippen LogP contribution in [0.2, 0.25) is 10.0 Å². The highest BCUT2D eigenvalue weighted by atomic mass is 35.5. The SMILES string of the molecule is CCOC(=O)Cn1c(=NC(=O)c2ccc(NS(=O)(=O)c3ccc(Cl)cc3)cc2)sc2cc(Cl)ccc21. The fourth-order valence-electron chi connectivity index (χ4n) is 3.28.